The first kappa shape index (κ1) is 19.6. The summed E-state index contributed by atoms with van der Waals surface area (Å²) in [5.74, 6) is 0.893. The number of ether oxygens (including phenoxy) is 1. The zero-order valence-electron chi connectivity index (χ0n) is 15.7. The molecule has 3 rings (SSSR count). The molecule has 2 atom stereocenters. The number of rotatable bonds is 5. The number of nitrogens with zero attached hydrogens (tertiary/aromatic N) is 2. The van der Waals surface area contributed by atoms with Gasteiger partial charge in [-0.2, -0.15) is 4.31 Å². The first-order valence-electron chi connectivity index (χ1n) is 9.54. The van der Waals surface area contributed by atoms with E-state index in [0.717, 1.165) is 32.4 Å². The summed E-state index contributed by atoms with van der Waals surface area (Å²) in [6.45, 7) is 7.06. The largest absolute Gasteiger partial charge is 0.487 e. The van der Waals surface area contributed by atoms with Crippen LogP contribution >= 0.6 is 0 Å². The standard InChI is InChI=1S/C19H30N2O4S/c1-15(2)7-12-21-16-8-10-20(13-14-22)11-9-17(16)25-18-5-3-4-6-19(18)26(21,23)24/h3-6,15-17,22H,7-14H2,1-2H3/t16-,17-/m1/s1. The fourth-order valence-electron chi connectivity index (χ4n) is 3.85. The SMILES string of the molecule is CC(C)CCN1[C@@H]2CCN(CCO)CC[C@H]2Oc2ccccc2S1(=O)=O. The fourth-order valence-corrected chi connectivity index (χ4v) is 5.66. The van der Waals surface area contributed by atoms with Gasteiger partial charge in [-0.15, -0.1) is 0 Å². The van der Waals surface area contributed by atoms with Crippen molar-refractivity contribution in [2.45, 2.75) is 50.2 Å². The predicted molar refractivity (Wildman–Crippen MR) is 101 cm³/mol. The molecule has 1 saturated heterocycles. The summed E-state index contributed by atoms with van der Waals surface area (Å²) in [7, 11) is -3.59. The van der Waals surface area contributed by atoms with Crippen molar-refractivity contribution in [2.75, 3.05) is 32.8 Å². The van der Waals surface area contributed by atoms with Crippen LogP contribution in [0.5, 0.6) is 5.75 Å². The van der Waals surface area contributed by atoms with Crippen LogP contribution in [0.2, 0.25) is 0 Å². The van der Waals surface area contributed by atoms with Crippen molar-refractivity contribution in [1.82, 2.24) is 9.21 Å². The molecule has 2 aliphatic heterocycles. The van der Waals surface area contributed by atoms with Crippen LogP contribution in [0.15, 0.2) is 29.2 Å². The minimum Gasteiger partial charge on any atom is -0.487 e. The third-order valence-corrected chi connectivity index (χ3v) is 7.29. The molecule has 0 unspecified atom stereocenters. The lowest BCUT2D eigenvalue weighted by atomic mass is 10.0. The molecule has 0 amide bonds. The molecule has 6 nitrogen and oxygen atoms in total. The van der Waals surface area contributed by atoms with Crippen molar-refractivity contribution >= 4 is 10.0 Å². The Balaban J connectivity index is 1.97. The van der Waals surface area contributed by atoms with Gasteiger partial charge in [0.15, 0.2) is 0 Å². The van der Waals surface area contributed by atoms with Gasteiger partial charge in [0.05, 0.1) is 12.6 Å². The highest BCUT2D eigenvalue weighted by molar-refractivity contribution is 7.89. The van der Waals surface area contributed by atoms with Gasteiger partial charge in [0.25, 0.3) is 0 Å². The molecule has 0 aliphatic carbocycles. The molecule has 7 heteroatoms. The van der Waals surface area contributed by atoms with Crippen molar-refractivity contribution in [2.24, 2.45) is 5.92 Å². The van der Waals surface area contributed by atoms with Crippen LogP contribution in [0.3, 0.4) is 0 Å². The third kappa shape index (κ3) is 4.06. The summed E-state index contributed by atoms with van der Waals surface area (Å²) in [5, 5.41) is 9.25. The Hall–Kier alpha value is -1.15. The Labute approximate surface area is 156 Å². The van der Waals surface area contributed by atoms with E-state index in [9.17, 15) is 13.5 Å². The van der Waals surface area contributed by atoms with Crippen LogP contribution in [0.25, 0.3) is 0 Å². The number of para-hydroxylation sites is 1. The molecule has 2 aliphatic rings. The summed E-state index contributed by atoms with van der Waals surface area (Å²) >= 11 is 0. The van der Waals surface area contributed by atoms with E-state index in [-0.39, 0.29) is 23.6 Å². The van der Waals surface area contributed by atoms with Gasteiger partial charge in [0.2, 0.25) is 10.0 Å². The second-order valence-electron chi connectivity index (χ2n) is 7.61. The molecule has 0 spiro atoms. The number of aliphatic hydroxyl groups is 1. The molecule has 26 heavy (non-hydrogen) atoms. The maximum atomic E-state index is 13.4. The molecular weight excluding hydrogens is 352 g/mol. The second kappa shape index (κ2) is 8.25. The molecule has 1 N–H and O–H groups in total. The molecule has 0 bridgehead atoms. The quantitative estimate of drug-likeness (QED) is 0.843. The van der Waals surface area contributed by atoms with Gasteiger partial charge in [-0.1, -0.05) is 26.0 Å². The molecule has 1 aromatic carbocycles. The van der Waals surface area contributed by atoms with E-state index < -0.39 is 10.0 Å². The lowest BCUT2D eigenvalue weighted by Gasteiger charge is -2.32. The van der Waals surface area contributed by atoms with Crippen LogP contribution < -0.4 is 4.74 Å². The smallest absolute Gasteiger partial charge is 0.247 e. The first-order valence-corrected chi connectivity index (χ1v) is 11.0. The summed E-state index contributed by atoms with van der Waals surface area (Å²) < 4.78 is 34.7. The van der Waals surface area contributed by atoms with Crippen molar-refractivity contribution in [3.8, 4) is 5.75 Å². The number of aliphatic hydroxyl groups excluding tert-OH is 1. The molecule has 2 heterocycles. The van der Waals surface area contributed by atoms with Crippen molar-refractivity contribution in [3.05, 3.63) is 24.3 Å². The highest BCUT2D eigenvalue weighted by atomic mass is 32.2. The van der Waals surface area contributed by atoms with Gasteiger partial charge in [-0.3, -0.25) is 0 Å². The van der Waals surface area contributed by atoms with Gasteiger partial charge in [-0.25, -0.2) is 8.42 Å². The van der Waals surface area contributed by atoms with E-state index in [4.69, 9.17) is 4.74 Å². The zero-order chi connectivity index (χ0) is 18.7. The second-order valence-corrected chi connectivity index (χ2v) is 9.47. The van der Waals surface area contributed by atoms with E-state index >= 15 is 0 Å². The molecule has 0 aromatic heterocycles. The van der Waals surface area contributed by atoms with Crippen LogP contribution in [-0.2, 0) is 10.0 Å². The van der Waals surface area contributed by atoms with Gasteiger partial charge in [-0.05, 0) is 43.9 Å². The van der Waals surface area contributed by atoms with Gasteiger partial charge < -0.3 is 14.7 Å². The molecule has 0 radical (unpaired) electrons. The lowest BCUT2D eigenvalue weighted by molar-refractivity contribution is 0.111. The van der Waals surface area contributed by atoms with E-state index in [0.29, 0.717) is 24.8 Å². The maximum absolute atomic E-state index is 13.4. The topological polar surface area (TPSA) is 70.1 Å². The average Bonchev–Trinajstić information content (AvgIpc) is 2.83. The summed E-state index contributed by atoms with van der Waals surface area (Å²) in [6.07, 6.45) is 2.14. The molecule has 1 fully saturated rings. The van der Waals surface area contributed by atoms with E-state index in [1.165, 1.54) is 0 Å². The van der Waals surface area contributed by atoms with E-state index in [1.807, 2.05) is 6.07 Å². The minimum absolute atomic E-state index is 0.119. The summed E-state index contributed by atoms with van der Waals surface area (Å²) in [5.41, 5.74) is 0. The number of hydrogen-bond donors (Lipinski definition) is 1. The van der Waals surface area contributed by atoms with Gasteiger partial charge in [0, 0.05) is 19.6 Å². The highest BCUT2D eigenvalue weighted by Crippen LogP contribution is 2.36. The Morgan fingerprint density at radius 3 is 2.65 bits per heavy atom. The van der Waals surface area contributed by atoms with Crippen LogP contribution in [0.4, 0.5) is 0 Å². The Kier molecular flexibility index (Phi) is 6.22. The average molecular weight is 383 g/mol. The predicted octanol–water partition coefficient (Wildman–Crippen LogP) is 1.94. The number of sulfonamides is 1. The number of fused-ring (bicyclic) bond motifs is 2. The molecular formula is C19H30N2O4S. The minimum atomic E-state index is -3.59. The van der Waals surface area contributed by atoms with Crippen molar-refractivity contribution in [3.63, 3.8) is 0 Å². The van der Waals surface area contributed by atoms with Crippen LogP contribution in [0.1, 0.15) is 33.1 Å². The van der Waals surface area contributed by atoms with E-state index in [1.54, 1.807) is 22.5 Å². The number of benzene rings is 1. The number of likely N-dealkylation sites (tertiary alicyclic amines) is 1. The Morgan fingerprint density at radius 1 is 1.19 bits per heavy atom. The van der Waals surface area contributed by atoms with Crippen LogP contribution in [-0.4, -0.2) is 67.7 Å². The molecule has 146 valence electrons. The zero-order valence-corrected chi connectivity index (χ0v) is 16.5. The molecule has 1 aromatic rings. The van der Waals surface area contributed by atoms with Crippen molar-refractivity contribution < 1.29 is 18.3 Å². The maximum Gasteiger partial charge on any atom is 0.247 e. The third-order valence-electron chi connectivity index (χ3n) is 5.33. The Morgan fingerprint density at radius 2 is 1.92 bits per heavy atom. The fraction of sp³-hybridized carbons (Fsp3) is 0.684. The van der Waals surface area contributed by atoms with Crippen LogP contribution in [0, 0.1) is 5.92 Å². The lowest BCUT2D eigenvalue weighted by Crippen LogP contribution is -2.47. The normalized spacial score (nSPS) is 26.5. The number of β-amino-alcohol motifs (C(OH)–C–C–N with tert-alkyl or cyclic N) is 1. The van der Waals surface area contributed by atoms with Crippen molar-refractivity contribution in [1.29, 1.82) is 0 Å². The highest BCUT2D eigenvalue weighted by Gasteiger charge is 2.42. The monoisotopic (exact) mass is 382 g/mol. The summed E-state index contributed by atoms with van der Waals surface area (Å²) in [6, 6.07) is 6.81. The number of hydrogen-bond acceptors (Lipinski definition) is 5. The molecule has 0 saturated carbocycles. The van der Waals surface area contributed by atoms with Gasteiger partial charge in [0.1, 0.15) is 16.7 Å². The van der Waals surface area contributed by atoms with Gasteiger partial charge >= 0.3 is 0 Å². The first-order chi connectivity index (χ1) is 12.4. The Bertz CT molecular complexity index is 707. The summed E-state index contributed by atoms with van der Waals surface area (Å²) in [4.78, 5) is 2.47. The van der Waals surface area contributed by atoms with E-state index in [2.05, 4.69) is 18.7 Å².